The number of halogens is 1. The molecule has 1 atom stereocenters. The van der Waals surface area contributed by atoms with E-state index in [0.29, 0.717) is 22.7 Å². The monoisotopic (exact) mass is 411 g/mol. The van der Waals surface area contributed by atoms with Gasteiger partial charge < -0.3 is 20.7 Å². The smallest absolute Gasteiger partial charge is 0.268 e. The summed E-state index contributed by atoms with van der Waals surface area (Å²) in [5.41, 5.74) is 3.62. The standard InChI is InChI=1S/C21H22ClN5O2/c1-12-9-24-21(25-16-5-6-16)27-19(12)14-8-17(23-10-14)20(29)26-18(11-28)13-3-2-4-15(22)7-13/h2-4,7-10,16,18,23,28H,5-6,11H2,1H3,(H,26,29)(H,24,25,27). The normalized spacial score (nSPS) is 14.4. The van der Waals surface area contributed by atoms with Gasteiger partial charge in [0, 0.05) is 29.0 Å². The van der Waals surface area contributed by atoms with Crippen LogP contribution < -0.4 is 10.6 Å². The first-order valence-electron chi connectivity index (χ1n) is 9.49. The fourth-order valence-electron chi connectivity index (χ4n) is 3.07. The lowest BCUT2D eigenvalue weighted by atomic mass is 10.1. The van der Waals surface area contributed by atoms with Crippen molar-refractivity contribution < 1.29 is 9.90 Å². The van der Waals surface area contributed by atoms with Gasteiger partial charge in [0.25, 0.3) is 5.91 Å². The van der Waals surface area contributed by atoms with Gasteiger partial charge in [0.15, 0.2) is 0 Å². The number of benzene rings is 1. The Labute approximate surface area is 173 Å². The Balaban J connectivity index is 1.51. The van der Waals surface area contributed by atoms with Gasteiger partial charge in [-0.15, -0.1) is 0 Å². The summed E-state index contributed by atoms with van der Waals surface area (Å²) in [5, 5.41) is 16.4. The van der Waals surface area contributed by atoms with Gasteiger partial charge in [0.05, 0.1) is 18.3 Å². The third-order valence-electron chi connectivity index (χ3n) is 4.82. The van der Waals surface area contributed by atoms with Crippen LogP contribution in [0, 0.1) is 6.92 Å². The van der Waals surface area contributed by atoms with Gasteiger partial charge in [-0.3, -0.25) is 4.79 Å². The van der Waals surface area contributed by atoms with Crippen LogP contribution in [0.25, 0.3) is 11.3 Å². The molecule has 4 rings (SSSR count). The molecule has 1 saturated carbocycles. The molecule has 0 aliphatic heterocycles. The fourth-order valence-corrected chi connectivity index (χ4v) is 3.27. The molecule has 4 N–H and O–H groups in total. The maximum atomic E-state index is 12.7. The largest absolute Gasteiger partial charge is 0.394 e. The number of nitrogens with zero attached hydrogens (tertiary/aromatic N) is 2. The van der Waals surface area contributed by atoms with E-state index in [0.717, 1.165) is 35.2 Å². The van der Waals surface area contributed by atoms with Crippen molar-refractivity contribution in [3.8, 4) is 11.3 Å². The molecule has 2 heterocycles. The highest BCUT2D eigenvalue weighted by molar-refractivity contribution is 6.30. The predicted octanol–water partition coefficient (Wildman–Crippen LogP) is 3.47. The van der Waals surface area contributed by atoms with Crippen molar-refractivity contribution in [1.29, 1.82) is 0 Å². The van der Waals surface area contributed by atoms with Crippen LogP contribution in [-0.2, 0) is 0 Å². The second-order valence-corrected chi connectivity index (χ2v) is 7.65. The Kier molecular flexibility index (Phi) is 5.51. The number of aromatic amines is 1. The summed E-state index contributed by atoms with van der Waals surface area (Å²) in [4.78, 5) is 24.6. The molecule has 2 aromatic heterocycles. The number of aromatic nitrogens is 3. The molecular formula is C21H22ClN5O2. The molecule has 1 aliphatic rings. The van der Waals surface area contributed by atoms with E-state index in [2.05, 4.69) is 25.6 Å². The predicted molar refractivity (Wildman–Crippen MR) is 112 cm³/mol. The summed E-state index contributed by atoms with van der Waals surface area (Å²) >= 11 is 6.02. The molecule has 150 valence electrons. The number of aliphatic hydroxyl groups excluding tert-OH is 1. The maximum Gasteiger partial charge on any atom is 0.268 e. The molecule has 29 heavy (non-hydrogen) atoms. The number of carbonyl (C=O) groups excluding carboxylic acids is 1. The minimum atomic E-state index is -0.553. The van der Waals surface area contributed by atoms with E-state index in [9.17, 15) is 9.90 Å². The number of amides is 1. The number of H-pyrrole nitrogens is 1. The molecule has 1 aromatic carbocycles. The number of carbonyl (C=O) groups is 1. The van der Waals surface area contributed by atoms with E-state index in [4.69, 9.17) is 11.6 Å². The van der Waals surface area contributed by atoms with E-state index < -0.39 is 6.04 Å². The third kappa shape index (κ3) is 4.58. The lowest BCUT2D eigenvalue weighted by Crippen LogP contribution is -2.31. The van der Waals surface area contributed by atoms with Crippen LogP contribution in [-0.4, -0.2) is 38.6 Å². The Morgan fingerprint density at radius 2 is 2.21 bits per heavy atom. The first-order valence-corrected chi connectivity index (χ1v) is 9.87. The van der Waals surface area contributed by atoms with Crippen molar-refractivity contribution in [3.05, 3.63) is 64.6 Å². The third-order valence-corrected chi connectivity index (χ3v) is 5.06. The molecule has 0 saturated heterocycles. The maximum absolute atomic E-state index is 12.7. The van der Waals surface area contributed by atoms with Crippen molar-refractivity contribution in [3.63, 3.8) is 0 Å². The Hall–Kier alpha value is -2.90. The number of hydrogen-bond donors (Lipinski definition) is 4. The minimum Gasteiger partial charge on any atom is -0.394 e. The van der Waals surface area contributed by atoms with Gasteiger partial charge >= 0.3 is 0 Å². The second kappa shape index (κ2) is 8.23. The molecule has 0 radical (unpaired) electrons. The lowest BCUT2D eigenvalue weighted by molar-refractivity contribution is 0.0912. The van der Waals surface area contributed by atoms with Crippen LogP contribution in [0.3, 0.4) is 0 Å². The van der Waals surface area contributed by atoms with Crippen LogP contribution in [0.1, 0.15) is 40.5 Å². The lowest BCUT2D eigenvalue weighted by Gasteiger charge is -2.16. The van der Waals surface area contributed by atoms with Crippen molar-refractivity contribution in [1.82, 2.24) is 20.3 Å². The van der Waals surface area contributed by atoms with Crippen molar-refractivity contribution in [2.24, 2.45) is 0 Å². The quantitative estimate of drug-likeness (QED) is 0.476. The van der Waals surface area contributed by atoms with E-state index in [-0.39, 0.29) is 12.5 Å². The molecule has 8 heteroatoms. The van der Waals surface area contributed by atoms with E-state index in [1.807, 2.05) is 13.0 Å². The Bertz CT molecular complexity index is 1030. The van der Waals surface area contributed by atoms with Crippen LogP contribution in [0.4, 0.5) is 5.95 Å². The van der Waals surface area contributed by atoms with Gasteiger partial charge in [-0.05, 0) is 49.1 Å². The van der Waals surface area contributed by atoms with Crippen LogP contribution in [0.5, 0.6) is 0 Å². The van der Waals surface area contributed by atoms with Gasteiger partial charge in [-0.2, -0.15) is 0 Å². The molecule has 0 bridgehead atoms. The average Bonchev–Trinajstić information content (AvgIpc) is 3.39. The fraction of sp³-hybridized carbons (Fsp3) is 0.286. The summed E-state index contributed by atoms with van der Waals surface area (Å²) in [7, 11) is 0. The molecule has 1 unspecified atom stereocenters. The second-order valence-electron chi connectivity index (χ2n) is 7.21. The van der Waals surface area contributed by atoms with Crippen LogP contribution in [0.15, 0.2) is 42.7 Å². The van der Waals surface area contributed by atoms with E-state index in [1.54, 1.807) is 36.7 Å². The van der Waals surface area contributed by atoms with Crippen LogP contribution >= 0.6 is 11.6 Å². The summed E-state index contributed by atoms with van der Waals surface area (Å²) in [5.74, 6) is 0.278. The SMILES string of the molecule is Cc1cnc(NC2CC2)nc1-c1c[nH]c(C(=O)NC(CO)c2cccc(Cl)c2)c1. The summed E-state index contributed by atoms with van der Waals surface area (Å²) in [6.07, 6.45) is 5.80. The zero-order valence-electron chi connectivity index (χ0n) is 15.9. The number of aliphatic hydroxyl groups is 1. The topological polar surface area (TPSA) is 103 Å². The van der Waals surface area contributed by atoms with E-state index >= 15 is 0 Å². The zero-order valence-corrected chi connectivity index (χ0v) is 16.7. The van der Waals surface area contributed by atoms with Crippen LogP contribution in [0.2, 0.25) is 5.02 Å². The highest BCUT2D eigenvalue weighted by Gasteiger charge is 2.22. The molecule has 1 aliphatic carbocycles. The summed E-state index contributed by atoms with van der Waals surface area (Å²) < 4.78 is 0. The first kappa shape index (κ1) is 19.4. The van der Waals surface area contributed by atoms with Crippen molar-refractivity contribution >= 4 is 23.5 Å². The highest BCUT2D eigenvalue weighted by atomic mass is 35.5. The highest BCUT2D eigenvalue weighted by Crippen LogP contribution is 2.26. The number of anilines is 1. The minimum absolute atomic E-state index is 0.235. The molecule has 0 spiro atoms. The summed E-state index contributed by atoms with van der Waals surface area (Å²) in [6, 6.07) is 8.72. The van der Waals surface area contributed by atoms with Gasteiger partial charge in [-0.25, -0.2) is 9.97 Å². The number of rotatable bonds is 7. The summed E-state index contributed by atoms with van der Waals surface area (Å²) in [6.45, 7) is 1.70. The molecule has 3 aromatic rings. The molecule has 1 amide bonds. The molecule has 1 fully saturated rings. The van der Waals surface area contributed by atoms with Gasteiger partial charge in [0.1, 0.15) is 5.69 Å². The Morgan fingerprint density at radius 1 is 1.38 bits per heavy atom. The number of nitrogens with one attached hydrogen (secondary N) is 3. The van der Waals surface area contributed by atoms with E-state index in [1.165, 1.54) is 0 Å². The Morgan fingerprint density at radius 3 is 2.93 bits per heavy atom. The molecular weight excluding hydrogens is 390 g/mol. The number of aryl methyl sites for hydroxylation is 1. The van der Waals surface area contributed by atoms with Gasteiger partial charge in [0.2, 0.25) is 5.95 Å². The average molecular weight is 412 g/mol. The molecule has 7 nitrogen and oxygen atoms in total. The number of hydrogen-bond acceptors (Lipinski definition) is 5. The first-order chi connectivity index (χ1) is 14.0. The zero-order chi connectivity index (χ0) is 20.4. The van der Waals surface area contributed by atoms with Crippen molar-refractivity contribution in [2.75, 3.05) is 11.9 Å². The van der Waals surface area contributed by atoms with Crippen molar-refractivity contribution in [2.45, 2.75) is 31.8 Å². The van der Waals surface area contributed by atoms with Gasteiger partial charge in [-0.1, -0.05) is 23.7 Å².